The van der Waals surface area contributed by atoms with E-state index in [1.807, 2.05) is 42.5 Å². The van der Waals surface area contributed by atoms with Gasteiger partial charge in [0.25, 0.3) is 0 Å². The first-order chi connectivity index (χ1) is 13.3. The van der Waals surface area contributed by atoms with E-state index in [0.717, 1.165) is 54.6 Å². The zero-order valence-electron chi connectivity index (χ0n) is 15.0. The molecule has 3 saturated heterocycles. The lowest BCUT2D eigenvalue weighted by atomic mass is 10.0. The van der Waals surface area contributed by atoms with Gasteiger partial charge in [-0.15, -0.1) is 0 Å². The average molecular weight is 370 g/mol. The van der Waals surface area contributed by atoms with Gasteiger partial charge in [-0.3, -0.25) is 0 Å². The van der Waals surface area contributed by atoms with E-state index in [2.05, 4.69) is 0 Å². The van der Waals surface area contributed by atoms with Crippen molar-refractivity contribution in [3.63, 3.8) is 0 Å². The highest BCUT2D eigenvalue weighted by atomic mass is 16.7. The quantitative estimate of drug-likeness (QED) is 0.633. The van der Waals surface area contributed by atoms with Gasteiger partial charge in [-0.1, -0.05) is 12.1 Å². The lowest BCUT2D eigenvalue weighted by Gasteiger charge is -2.27. The molecule has 3 atom stereocenters. The van der Waals surface area contributed by atoms with Gasteiger partial charge >= 0.3 is 0 Å². The standard InChI is InChI=1S/C21H22O6/c1-3-16(23-10-19-12-25-19)4-2-14(1)15-7-17(24-11-20-13-26-20)9-18(8-15)27-21-5-6-22-21/h1-4,7-9,19-21H,5-6,10-13H2. The highest BCUT2D eigenvalue weighted by Gasteiger charge is 2.24. The van der Waals surface area contributed by atoms with E-state index in [-0.39, 0.29) is 18.5 Å². The Balaban J connectivity index is 1.33. The zero-order chi connectivity index (χ0) is 18.1. The van der Waals surface area contributed by atoms with Gasteiger partial charge < -0.3 is 28.4 Å². The topological polar surface area (TPSA) is 62.0 Å². The highest BCUT2D eigenvalue weighted by Crippen LogP contribution is 2.33. The molecule has 0 N–H and O–H groups in total. The Morgan fingerprint density at radius 3 is 1.96 bits per heavy atom. The van der Waals surface area contributed by atoms with Crippen LogP contribution in [0.3, 0.4) is 0 Å². The molecule has 3 aliphatic rings. The summed E-state index contributed by atoms with van der Waals surface area (Å²) in [5, 5.41) is 0. The first-order valence-corrected chi connectivity index (χ1v) is 9.34. The lowest BCUT2D eigenvalue weighted by Crippen LogP contribution is -2.32. The summed E-state index contributed by atoms with van der Waals surface area (Å²) >= 11 is 0. The molecular weight excluding hydrogens is 348 g/mol. The monoisotopic (exact) mass is 370 g/mol. The maximum absolute atomic E-state index is 5.90. The lowest BCUT2D eigenvalue weighted by molar-refractivity contribution is -0.165. The van der Waals surface area contributed by atoms with Crippen LogP contribution in [0.15, 0.2) is 42.5 Å². The molecule has 6 nitrogen and oxygen atoms in total. The summed E-state index contributed by atoms with van der Waals surface area (Å²) in [5.41, 5.74) is 2.09. The molecule has 3 unspecified atom stereocenters. The molecule has 27 heavy (non-hydrogen) atoms. The number of hydrogen-bond donors (Lipinski definition) is 0. The van der Waals surface area contributed by atoms with Crippen LogP contribution in [0.2, 0.25) is 0 Å². The summed E-state index contributed by atoms with van der Waals surface area (Å²) in [6.45, 7) is 3.47. The summed E-state index contributed by atoms with van der Waals surface area (Å²) in [6, 6.07) is 13.9. The van der Waals surface area contributed by atoms with E-state index in [1.54, 1.807) is 0 Å². The Labute approximate surface area is 157 Å². The van der Waals surface area contributed by atoms with Crippen molar-refractivity contribution in [3.8, 4) is 28.4 Å². The third kappa shape index (κ3) is 4.53. The van der Waals surface area contributed by atoms with Crippen molar-refractivity contribution >= 4 is 0 Å². The van der Waals surface area contributed by atoms with Gasteiger partial charge in [0.15, 0.2) is 0 Å². The minimum Gasteiger partial charge on any atom is -0.491 e. The summed E-state index contributed by atoms with van der Waals surface area (Å²) in [6.07, 6.45) is 1.20. The number of ether oxygens (including phenoxy) is 6. The van der Waals surface area contributed by atoms with Crippen LogP contribution in [-0.2, 0) is 14.2 Å². The summed E-state index contributed by atoms with van der Waals surface area (Å²) < 4.78 is 33.3. The SMILES string of the molecule is c1cc(-c2cc(OCC3CO3)cc(OC3CCO3)c2)ccc1OCC1CO1. The molecule has 142 valence electrons. The highest BCUT2D eigenvalue weighted by molar-refractivity contribution is 5.68. The van der Waals surface area contributed by atoms with E-state index in [9.17, 15) is 0 Å². The Morgan fingerprint density at radius 2 is 1.37 bits per heavy atom. The molecule has 5 rings (SSSR count). The van der Waals surface area contributed by atoms with Gasteiger partial charge in [0, 0.05) is 12.5 Å². The fourth-order valence-corrected chi connectivity index (χ4v) is 2.80. The van der Waals surface area contributed by atoms with Crippen molar-refractivity contribution in [3.05, 3.63) is 42.5 Å². The third-order valence-electron chi connectivity index (χ3n) is 4.67. The van der Waals surface area contributed by atoms with Crippen LogP contribution >= 0.6 is 0 Å². The number of benzene rings is 2. The van der Waals surface area contributed by atoms with Crippen molar-refractivity contribution in [2.45, 2.75) is 24.9 Å². The van der Waals surface area contributed by atoms with Gasteiger partial charge in [0.2, 0.25) is 6.29 Å². The number of epoxide rings is 2. The van der Waals surface area contributed by atoms with Gasteiger partial charge in [0.1, 0.15) is 42.7 Å². The van der Waals surface area contributed by atoms with Crippen LogP contribution in [0.1, 0.15) is 6.42 Å². The molecule has 6 heteroatoms. The Kier molecular flexibility index (Phi) is 4.61. The minimum absolute atomic E-state index is 0.166. The molecule has 0 saturated carbocycles. The predicted octanol–water partition coefficient (Wildman–Crippen LogP) is 3.03. The first kappa shape index (κ1) is 16.9. The molecule has 2 aromatic rings. The van der Waals surface area contributed by atoms with Crippen LogP contribution in [-0.4, -0.2) is 51.5 Å². The molecule has 3 heterocycles. The maximum Gasteiger partial charge on any atom is 0.202 e. The molecule has 3 fully saturated rings. The van der Waals surface area contributed by atoms with Gasteiger partial charge in [-0.05, 0) is 35.4 Å². The molecule has 0 spiro atoms. The van der Waals surface area contributed by atoms with Gasteiger partial charge in [-0.2, -0.15) is 0 Å². The van der Waals surface area contributed by atoms with Crippen LogP contribution in [0.25, 0.3) is 11.1 Å². The summed E-state index contributed by atoms with van der Waals surface area (Å²) in [7, 11) is 0. The third-order valence-corrected chi connectivity index (χ3v) is 4.67. The van der Waals surface area contributed by atoms with Crippen LogP contribution in [0, 0.1) is 0 Å². The molecule has 0 radical (unpaired) electrons. The van der Waals surface area contributed by atoms with Crippen LogP contribution < -0.4 is 14.2 Å². The van der Waals surface area contributed by atoms with E-state index in [0.29, 0.717) is 13.2 Å². The largest absolute Gasteiger partial charge is 0.491 e. The molecule has 0 aromatic heterocycles. The van der Waals surface area contributed by atoms with Crippen molar-refractivity contribution in [2.24, 2.45) is 0 Å². The van der Waals surface area contributed by atoms with Crippen molar-refractivity contribution in [2.75, 3.05) is 33.0 Å². The second-order valence-corrected chi connectivity index (χ2v) is 6.96. The minimum atomic E-state index is -0.166. The van der Waals surface area contributed by atoms with E-state index in [1.165, 1.54) is 0 Å². The van der Waals surface area contributed by atoms with Crippen LogP contribution in [0.4, 0.5) is 0 Å². The molecule has 0 bridgehead atoms. The van der Waals surface area contributed by atoms with E-state index >= 15 is 0 Å². The smallest absolute Gasteiger partial charge is 0.202 e. The summed E-state index contributed by atoms with van der Waals surface area (Å²) in [4.78, 5) is 0. The van der Waals surface area contributed by atoms with Crippen molar-refractivity contribution < 1.29 is 28.4 Å². The van der Waals surface area contributed by atoms with Gasteiger partial charge in [0.05, 0.1) is 19.8 Å². The normalized spacial score (nSPS) is 25.4. The number of rotatable bonds is 9. The second kappa shape index (κ2) is 7.38. The zero-order valence-corrected chi connectivity index (χ0v) is 15.0. The molecular formula is C21H22O6. The Morgan fingerprint density at radius 1 is 0.741 bits per heavy atom. The van der Waals surface area contributed by atoms with Crippen LogP contribution in [0.5, 0.6) is 17.2 Å². The van der Waals surface area contributed by atoms with Gasteiger partial charge in [-0.25, -0.2) is 0 Å². The fraction of sp³-hybridized carbons (Fsp3) is 0.429. The van der Waals surface area contributed by atoms with E-state index < -0.39 is 0 Å². The van der Waals surface area contributed by atoms with Crippen molar-refractivity contribution in [1.82, 2.24) is 0 Å². The molecule has 3 aliphatic heterocycles. The fourth-order valence-electron chi connectivity index (χ4n) is 2.80. The Bertz CT molecular complexity index is 778. The average Bonchev–Trinajstić information content (AvgIpc) is 3.56. The molecule has 0 amide bonds. The molecule has 0 aliphatic carbocycles. The summed E-state index contributed by atoms with van der Waals surface area (Å²) in [5.74, 6) is 2.35. The van der Waals surface area contributed by atoms with Crippen molar-refractivity contribution in [1.29, 1.82) is 0 Å². The molecule has 2 aromatic carbocycles. The Hall–Kier alpha value is -2.28. The van der Waals surface area contributed by atoms with E-state index in [4.69, 9.17) is 28.4 Å². The first-order valence-electron chi connectivity index (χ1n) is 9.34. The second-order valence-electron chi connectivity index (χ2n) is 6.96. The predicted molar refractivity (Wildman–Crippen MR) is 97.3 cm³/mol. The number of hydrogen-bond acceptors (Lipinski definition) is 6. The maximum atomic E-state index is 5.90.